The van der Waals surface area contributed by atoms with Crippen molar-refractivity contribution in [3.8, 4) is 0 Å². The van der Waals surface area contributed by atoms with Gasteiger partial charge in [0.15, 0.2) is 5.82 Å². The predicted molar refractivity (Wildman–Crippen MR) is 87.0 cm³/mol. The largest absolute Gasteiger partial charge is 0.376 e. The highest BCUT2D eigenvalue weighted by Gasteiger charge is 2.31. The number of amides is 2. The Hall–Kier alpha value is -1.89. The molecule has 7 nitrogen and oxygen atoms in total. The van der Waals surface area contributed by atoms with E-state index in [2.05, 4.69) is 15.6 Å². The quantitative estimate of drug-likeness (QED) is 0.843. The second-order valence-corrected chi connectivity index (χ2v) is 6.93. The smallest absolute Gasteiger partial charge is 0.287 e. The van der Waals surface area contributed by atoms with Gasteiger partial charge in [0.2, 0.25) is 0 Å². The van der Waals surface area contributed by atoms with Gasteiger partial charge in [0, 0.05) is 25.7 Å². The van der Waals surface area contributed by atoms with Gasteiger partial charge in [-0.1, -0.05) is 0 Å². The van der Waals surface area contributed by atoms with Crippen molar-refractivity contribution in [3.63, 3.8) is 0 Å². The molecule has 1 aromatic heterocycles. The van der Waals surface area contributed by atoms with Crippen LogP contribution in [-0.2, 0) is 17.7 Å². The molecule has 1 aromatic rings. The van der Waals surface area contributed by atoms with Crippen LogP contribution in [0.5, 0.6) is 0 Å². The number of nitrogens with zero attached hydrogens (tertiary/aromatic N) is 2. The van der Waals surface area contributed by atoms with Gasteiger partial charge in [-0.15, -0.1) is 0 Å². The number of nitrogens with one attached hydrogen (secondary N) is 2. The van der Waals surface area contributed by atoms with Gasteiger partial charge in [0.1, 0.15) is 5.69 Å². The Morgan fingerprint density at radius 2 is 2.04 bits per heavy atom. The van der Waals surface area contributed by atoms with Crippen molar-refractivity contribution in [2.45, 2.75) is 63.6 Å². The summed E-state index contributed by atoms with van der Waals surface area (Å²) in [6.45, 7) is 2.02. The van der Waals surface area contributed by atoms with Crippen LogP contribution in [0.1, 0.15) is 65.3 Å². The molecule has 0 bridgehead atoms. The fourth-order valence-corrected chi connectivity index (χ4v) is 3.47. The summed E-state index contributed by atoms with van der Waals surface area (Å²) in [5, 5.41) is 5.90. The molecule has 130 valence electrons. The number of imidazole rings is 1. The van der Waals surface area contributed by atoms with Crippen LogP contribution in [0.3, 0.4) is 0 Å². The minimum absolute atomic E-state index is 0.0994. The lowest BCUT2D eigenvalue weighted by atomic mass is 10.1. The third kappa shape index (κ3) is 3.17. The van der Waals surface area contributed by atoms with Gasteiger partial charge in [0.25, 0.3) is 11.8 Å². The van der Waals surface area contributed by atoms with Crippen LogP contribution in [0.2, 0.25) is 0 Å². The summed E-state index contributed by atoms with van der Waals surface area (Å²) in [5.74, 6) is 0.0177. The number of carbonyl (C=O) groups excluding carboxylic acids is 2. The highest BCUT2D eigenvalue weighted by Crippen LogP contribution is 2.24. The minimum atomic E-state index is -0.209. The number of hydrogen-bond donors (Lipinski definition) is 2. The molecule has 1 saturated carbocycles. The summed E-state index contributed by atoms with van der Waals surface area (Å²) in [6, 6.07) is 0.287. The van der Waals surface area contributed by atoms with Crippen molar-refractivity contribution >= 4 is 11.8 Å². The molecule has 1 aliphatic carbocycles. The van der Waals surface area contributed by atoms with E-state index in [9.17, 15) is 9.59 Å². The van der Waals surface area contributed by atoms with E-state index in [-0.39, 0.29) is 24.0 Å². The third-order valence-electron chi connectivity index (χ3n) is 4.96. The molecule has 0 spiro atoms. The molecule has 2 aliphatic heterocycles. The number of ether oxygens (including phenoxy) is 1. The SMILES string of the molecule is O=C(NC1CC1)c1nc(C(=O)NCC2CCCO2)n2c1CCCC2. The zero-order chi connectivity index (χ0) is 16.5. The molecule has 2 fully saturated rings. The average molecular weight is 332 g/mol. The van der Waals surface area contributed by atoms with E-state index < -0.39 is 0 Å². The van der Waals surface area contributed by atoms with E-state index in [0.29, 0.717) is 18.1 Å². The first-order chi connectivity index (χ1) is 11.7. The maximum absolute atomic E-state index is 12.6. The molecule has 24 heavy (non-hydrogen) atoms. The average Bonchev–Trinajstić information content (AvgIpc) is 3.12. The Kier molecular flexibility index (Phi) is 4.26. The van der Waals surface area contributed by atoms with Crippen LogP contribution in [0.25, 0.3) is 0 Å². The molecule has 1 atom stereocenters. The van der Waals surface area contributed by atoms with Gasteiger partial charge in [-0.05, 0) is 44.9 Å². The molecule has 2 amide bonds. The van der Waals surface area contributed by atoms with Crippen molar-refractivity contribution in [2.75, 3.05) is 13.2 Å². The van der Waals surface area contributed by atoms with Gasteiger partial charge in [0.05, 0.1) is 11.8 Å². The van der Waals surface area contributed by atoms with Crippen LogP contribution >= 0.6 is 0 Å². The molecule has 4 rings (SSSR count). The highest BCUT2D eigenvalue weighted by molar-refractivity contribution is 5.97. The maximum atomic E-state index is 12.6. The first-order valence-electron chi connectivity index (χ1n) is 9.02. The van der Waals surface area contributed by atoms with Crippen LogP contribution in [0, 0.1) is 0 Å². The molecular weight excluding hydrogens is 308 g/mol. The molecule has 3 heterocycles. The fraction of sp³-hybridized carbons (Fsp3) is 0.706. The van der Waals surface area contributed by atoms with Crippen LogP contribution in [0.4, 0.5) is 0 Å². The van der Waals surface area contributed by atoms with E-state index in [0.717, 1.165) is 63.8 Å². The summed E-state index contributed by atoms with van der Waals surface area (Å²) in [6.07, 6.45) is 7.06. The minimum Gasteiger partial charge on any atom is -0.376 e. The van der Waals surface area contributed by atoms with Crippen molar-refractivity contribution in [1.82, 2.24) is 20.2 Å². The Balaban J connectivity index is 1.51. The summed E-state index contributed by atoms with van der Waals surface area (Å²) < 4.78 is 7.47. The predicted octanol–water partition coefficient (Wildman–Crippen LogP) is 1.02. The molecular formula is C17H24N4O3. The standard InChI is InChI=1S/C17H24N4O3/c22-16(19-11-6-7-11)14-13-5-1-2-8-21(13)15(20-14)17(23)18-10-12-4-3-9-24-12/h11-12H,1-10H2,(H,18,23)(H,19,22). The van der Waals surface area contributed by atoms with E-state index in [1.165, 1.54) is 0 Å². The van der Waals surface area contributed by atoms with Crippen LogP contribution < -0.4 is 10.6 Å². The lowest BCUT2D eigenvalue weighted by Gasteiger charge is -2.17. The summed E-state index contributed by atoms with van der Waals surface area (Å²) in [5.41, 5.74) is 1.34. The Labute approximate surface area is 141 Å². The number of hydrogen-bond acceptors (Lipinski definition) is 4. The lowest BCUT2D eigenvalue weighted by molar-refractivity contribution is 0.0845. The van der Waals surface area contributed by atoms with Crippen molar-refractivity contribution in [3.05, 3.63) is 17.2 Å². The first-order valence-corrected chi connectivity index (χ1v) is 9.02. The second kappa shape index (κ2) is 6.55. The van der Waals surface area contributed by atoms with Gasteiger partial charge in [-0.2, -0.15) is 0 Å². The Morgan fingerprint density at radius 1 is 1.17 bits per heavy atom. The number of fused-ring (bicyclic) bond motifs is 1. The molecule has 0 aromatic carbocycles. The van der Waals surface area contributed by atoms with E-state index in [1.807, 2.05) is 4.57 Å². The lowest BCUT2D eigenvalue weighted by Crippen LogP contribution is -2.34. The van der Waals surface area contributed by atoms with Gasteiger partial charge >= 0.3 is 0 Å². The normalized spacial score (nSPS) is 22.9. The number of carbonyl (C=O) groups is 2. The van der Waals surface area contributed by atoms with E-state index in [4.69, 9.17) is 4.74 Å². The van der Waals surface area contributed by atoms with Crippen LogP contribution in [-0.4, -0.2) is 46.7 Å². The zero-order valence-corrected chi connectivity index (χ0v) is 13.8. The Bertz CT molecular complexity index is 645. The van der Waals surface area contributed by atoms with Crippen molar-refractivity contribution in [1.29, 1.82) is 0 Å². The monoisotopic (exact) mass is 332 g/mol. The van der Waals surface area contributed by atoms with Crippen molar-refractivity contribution in [2.24, 2.45) is 0 Å². The molecule has 2 N–H and O–H groups in total. The summed E-state index contributed by atoms with van der Waals surface area (Å²) in [4.78, 5) is 29.4. The molecule has 1 unspecified atom stereocenters. The molecule has 0 radical (unpaired) electrons. The first kappa shape index (κ1) is 15.6. The fourth-order valence-electron chi connectivity index (χ4n) is 3.47. The summed E-state index contributed by atoms with van der Waals surface area (Å²) in [7, 11) is 0. The number of rotatable bonds is 5. The topological polar surface area (TPSA) is 85.2 Å². The molecule has 7 heteroatoms. The maximum Gasteiger partial charge on any atom is 0.287 e. The third-order valence-corrected chi connectivity index (χ3v) is 4.96. The van der Waals surface area contributed by atoms with Gasteiger partial charge in [-0.25, -0.2) is 4.98 Å². The second-order valence-electron chi connectivity index (χ2n) is 6.93. The molecule has 3 aliphatic rings. The van der Waals surface area contributed by atoms with E-state index >= 15 is 0 Å². The van der Waals surface area contributed by atoms with Gasteiger partial charge in [-0.3, -0.25) is 9.59 Å². The van der Waals surface area contributed by atoms with E-state index in [1.54, 1.807) is 0 Å². The highest BCUT2D eigenvalue weighted by atomic mass is 16.5. The number of aromatic nitrogens is 2. The van der Waals surface area contributed by atoms with Crippen LogP contribution in [0.15, 0.2) is 0 Å². The zero-order valence-electron chi connectivity index (χ0n) is 13.8. The van der Waals surface area contributed by atoms with Gasteiger partial charge < -0.3 is 19.9 Å². The Morgan fingerprint density at radius 3 is 2.79 bits per heavy atom. The summed E-state index contributed by atoms with van der Waals surface area (Å²) >= 11 is 0. The van der Waals surface area contributed by atoms with Crippen molar-refractivity contribution < 1.29 is 14.3 Å². The molecule has 1 saturated heterocycles.